The Morgan fingerprint density at radius 3 is 2.38 bits per heavy atom. The molecule has 1 fully saturated rings. The van der Waals surface area contributed by atoms with E-state index < -0.39 is 20.9 Å². The van der Waals surface area contributed by atoms with Gasteiger partial charge in [-0.3, -0.25) is 14.9 Å². The Labute approximate surface area is 169 Å². The van der Waals surface area contributed by atoms with Crippen LogP contribution in [-0.4, -0.2) is 31.8 Å². The van der Waals surface area contributed by atoms with Crippen LogP contribution in [0.25, 0.3) is 0 Å². The van der Waals surface area contributed by atoms with Crippen LogP contribution in [0.15, 0.2) is 53.4 Å². The third-order valence-electron chi connectivity index (χ3n) is 4.96. The predicted octanol–water partition coefficient (Wildman–Crippen LogP) is 2.79. The molecule has 0 unspecified atom stereocenters. The third kappa shape index (κ3) is 5.39. The number of hydrogen-bond donors (Lipinski definition) is 2. The van der Waals surface area contributed by atoms with Gasteiger partial charge in [-0.2, -0.15) is 0 Å². The summed E-state index contributed by atoms with van der Waals surface area (Å²) in [7, 11) is -3.53. The molecule has 2 aromatic rings. The molecule has 3 rings (SSSR count). The van der Waals surface area contributed by atoms with Gasteiger partial charge >= 0.3 is 0 Å². The average Bonchev–Trinajstić information content (AvgIpc) is 3.20. The van der Waals surface area contributed by atoms with E-state index in [1.54, 1.807) is 30.3 Å². The Bertz CT molecular complexity index is 983. The van der Waals surface area contributed by atoms with Crippen molar-refractivity contribution in [3.8, 4) is 0 Å². The molecule has 2 N–H and O–H groups in total. The van der Waals surface area contributed by atoms with Crippen LogP contribution in [-0.2, 0) is 16.4 Å². The van der Waals surface area contributed by atoms with Gasteiger partial charge in [-0.05, 0) is 43.0 Å². The van der Waals surface area contributed by atoms with E-state index in [4.69, 9.17) is 0 Å². The summed E-state index contributed by atoms with van der Waals surface area (Å²) in [6.07, 6.45) is 4.31. The van der Waals surface area contributed by atoms with Crippen molar-refractivity contribution in [1.82, 2.24) is 10.0 Å². The number of nitro benzene ring substituents is 1. The van der Waals surface area contributed by atoms with E-state index in [0.29, 0.717) is 6.42 Å². The molecule has 0 atom stereocenters. The number of nitro groups is 1. The first-order chi connectivity index (χ1) is 13.9. The molecule has 1 aliphatic carbocycles. The van der Waals surface area contributed by atoms with Crippen LogP contribution in [0, 0.1) is 10.1 Å². The molecule has 1 amide bonds. The van der Waals surface area contributed by atoms with E-state index in [2.05, 4.69) is 10.0 Å². The number of nitrogens with zero attached hydrogens (tertiary/aromatic N) is 1. The first kappa shape index (κ1) is 20.9. The van der Waals surface area contributed by atoms with Gasteiger partial charge in [0.15, 0.2) is 0 Å². The Kier molecular flexibility index (Phi) is 6.60. The first-order valence-corrected chi connectivity index (χ1v) is 11.0. The van der Waals surface area contributed by atoms with Crippen LogP contribution in [0.2, 0.25) is 0 Å². The lowest BCUT2D eigenvalue weighted by atomic mass is 10.1. The SMILES string of the molecule is O=C(NCCc1ccc(S(=O)(=O)NC2CCCC2)cc1)c1ccccc1[N+](=O)[O-]. The van der Waals surface area contributed by atoms with Crippen molar-refractivity contribution in [1.29, 1.82) is 0 Å². The molecule has 1 saturated carbocycles. The molecule has 0 bridgehead atoms. The molecule has 8 nitrogen and oxygen atoms in total. The van der Waals surface area contributed by atoms with Gasteiger partial charge in [-0.25, -0.2) is 13.1 Å². The third-order valence-corrected chi connectivity index (χ3v) is 6.49. The summed E-state index contributed by atoms with van der Waals surface area (Å²) in [5.74, 6) is -0.516. The van der Waals surface area contributed by atoms with Gasteiger partial charge in [-0.15, -0.1) is 0 Å². The summed E-state index contributed by atoms with van der Waals surface area (Å²) in [5, 5.41) is 13.7. The fraction of sp³-hybridized carbons (Fsp3) is 0.350. The number of amides is 1. The molecule has 0 saturated heterocycles. The smallest absolute Gasteiger partial charge is 0.282 e. The van der Waals surface area contributed by atoms with Gasteiger partial charge in [0.2, 0.25) is 10.0 Å². The van der Waals surface area contributed by atoms with E-state index in [-0.39, 0.29) is 28.7 Å². The number of nitrogens with one attached hydrogen (secondary N) is 2. The summed E-state index contributed by atoms with van der Waals surface area (Å²) in [4.78, 5) is 22.9. The highest BCUT2D eigenvalue weighted by Gasteiger charge is 2.23. The van der Waals surface area contributed by atoms with Gasteiger partial charge in [0.25, 0.3) is 11.6 Å². The molecule has 29 heavy (non-hydrogen) atoms. The summed E-state index contributed by atoms with van der Waals surface area (Å²) >= 11 is 0. The minimum absolute atomic E-state index is 0.0110. The molecule has 0 aliphatic heterocycles. The van der Waals surface area contributed by atoms with Crippen molar-refractivity contribution >= 4 is 21.6 Å². The zero-order chi connectivity index (χ0) is 20.9. The van der Waals surface area contributed by atoms with Gasteiger partial charge in [-0.1, -0.05) is 37.1 Å². The van der Waals surface area contributed by atoms with E-state index in [1.165, 1.54) is 18.2 Å². The minimum atomic E-state index is -3.53. The number of rotatable bonds is 8. The second kappa shape index (κ2) is 9.15. The molecular formula is C20H23N3O5S. The zero-order valence-electron chi connectivity index (χ0n) is 15.8. The predicted molar refractivity (Wildman–Crippen MR) is 108 cm³/mol. The van der Waals surface area contributed by atoms with Gasteiger partial charge < -0.3 is 5.32 Å². The van der Waals surface area contributed by atoms with Crippen molar-refractivity contribution in [2.45, 2.75) is 43.0 Å². The first-order valence-electron chi connectivity index (χ1n) is 9.50. The maximum atomic E-state index is 12.4. The largest absolute Gasteiger partial charge is 0.351 e. The zero-order valence-corrected chi connectivity index (χ0v) is 16.7. The fourth-order valence-corrected chi connectivity index (χ4v) is 4.71. The molecule has 0 spiro atoms. The molecule has 154 valence electrons. The number of hydrogen-bond acceptors (Lipinski definition) is 5. The quantitative estimate of drug-likeness (QED) is 0.506. The van der Waals surface area contributed by atoms with Crippen LogP contribution in [0.5, 0.6) is 0 Å². The lowest BCUT2D eigenvalue weighted by Gasteiger charge is -2.13. The van der Waals surface area contributed by atoms with Crippen molar-refractivity contribution in [2.75, 3.05) is 6.54 Å². The molecule has 0 heterocycles. The molecule has 9 heteroatoms. The van der Waals surface area contributed by atoms with Gasteiger partial charge in [0.05, 0.1) is 9.82 Å². The average molecular weight is 417 g/mol. The minimum Gasteiger partial charge on any atom is -0.351 e. The van der Waals surface area contributed by atoms with Crippen LogP contribution in [0.3, 0.4) is 0 Å². The Balaban J connectivity index is 1.55. The van der Waals surface area contributed by atoms with E-state index in [9.17, 15) is 23.3 Å². The second-order valence-corrected chi connectivity index (χ2v) is 8.74. The fourth-order valence-electron chi connectivity index (χ4n) is 3.41. The molecule has 0 aromatic heterocycles. The summed E-state index contributed by atoms with van der Waals surface area (Å²) in [6, 6.07) is 12.3. The number of benzene rings is 2. The maximum Gasteiger partial charge on any atom is 0.282 e. The van der Waals surface area contributed by atoms with E-state index >= 15 is 0 Å². The monoisotopic (exact) mass is 417 g/mol. The van der Waals surface area contributed by atoms with Crippen LogP contribution in [0.1, 0.15) is 41.6 Å². The lowest BCUT2D eigenvalue weighted by molar-refractivity contribution is -0.385. The summed E-state index contributed by atoms with van der Waals surface area (Å²) in [5.41, 5.74) is 0.624. The summed E-state index contributed by atoms with van der Waals surface area (Å²) in [6.45, 7) is 0.275. The van der Waals surface area contributed by atoms with E-state index in [1.807, 2.05) is 0 Å². The van der Waals surface area contributed by atoms with Crippen molar-refractivity contribution in [3.63, 3.8) is 0 Å². The normalized spacial score (nSPS) is 14.6. The maximum absolute atomic E-state index is 12.4. The van der Waals surface area contributed by atoms with Crippen LogP contribution >= 0.6 is 0 Å². The highest BCUT2D eigenvalue weighted by molar-refractivity contribution is 7.89. The molecule has 0 radical (unpaired) electrons. The Morgan fingerprint density at radius 2 is 1.72 bits per heavy atom. The topological polar surface area (TPSA) is 118 Å². The van der Waals surface area contributed by atoms with Crippen molar-refractivity contribution in [3.05, 3.63) is 69.8 Å². The second-order valence-electron chi connectivity index (χ2n) is 7.03. The standard InChI is InChI=1S/C20H23N3O5S/c24-20(18-7-3-4-8-19(18)23(25)26)21-14-13-15-9-11-17(12-10-15)29(27,28)22-16-5-1-2-6-16/h3-4,7-12,16,22H,1-2,5-6,13-14H2,(H,21,24). The highest BCUT2D eigenvalue weighted by atomic mass is 32.2. The number of sulfonamides is 1. The summed E-state index contributed by atoms with van der Waals surface area (Å²) < 4.78 is 27.6. The lowest BCUT2D eigenvalue weighted by Crippen LogP contribution is -2.32. The van der Waals surface area contributed by atoms with Crippen LogP contribution < -0.4 is 10.0 Å². The highest BCUT2D eigenvalue weighted by Crippen LogP contribution is 2.21. The number of carbonyl (C=O) groups is 1. The van der Waals surface area contributed by atoms with Gasteiger partial charge in [0, 0.05) is 18.7 Å². The van der Waals surface area contributed by atoms with Crippen molar-refractivity contribution in [2.24, 2.45) is 0 Å². The van der Waals surface area contributed by atoms with Crippen LogP contribution in [0.4, 0.5) is 5.69 Å². The van der Waals surface area contributed by atoms with Gasteiger partial charge in [0.1, 0.15) is 5.56 Å². The Morgan fingerprint density at radius 1 is 1.07 bits per heavy atom. The number of carbonyl (C=O) groups excluding carboxylic acids is 1. The van der Waals surface area contributed by atoms with E-state index in [0.717, 1.165) is 31.2 Å². The molecule has 1 aliphatic rings. The molecular weight excluding hydrogens is 394 g/mol. The Hall–Kier alpha value is -2.78. The number of para-hydroxylation sites is 1. The van der Waals surface area contributed by atoms with Crippen molar-refractivity contribution < 1.29 is 18.1 Å². The molecule has 2 aromatic carbocycles.